The molecule has 0 N–H and O–H groups in total. The van der Waals surface area contributed by atoms with Gasteiger partial charge in [0.25, 0.3) is 0 Å². The highest BCUT2D eigenvalue weighted by Gasteiger charge is 2.41. The monoisotopic (exact) mass is 361 g/mol. The van der Waals surface area contributed by atoms with Crippen LogP contribution in [0.4, 0.5) is 0 Å². The van der Waals surface area contributed by atoms with Crippen LogP contribution < -0.4 is 9.47 Å². The van der Waals surface area contributed by atoms with Crippen molar-refractivity contribution in [2.45, 2.75) is 12.5 Å². The number of likely N-dealkylation sites (N-methyl/N-ethyl adjacent to an activating group) is 1. The van der Waals surface area contributed by atoms with E-state index in [0.717, 1.165) is 6.54 Å². The molecule has 0 radical (unpaired) electrons. The van der Waals surface area contributed by atoms with Crippen LogP contribution in [0, 0.1) is 5.92 Å². The van der Waals surface area contributed by atoms with Gasteiger partial charge in [0, 0.05) is 26.1 Å². The fourth-order valence-corrected chi connectivity index (χ4v) is 3.32. The van der Waals surface area contributed by atoms with Gasteiger partial charge in [0.1, 0.15) is 6.10 Å². The minimum absolute atomic E-state index is 0.0304. The van der Waals surface area contributed by atoms with Crippen molar-refractivity contribution in [2.24, 2.45) is 5.92 Å². The minimum atomic E-state index is -0.225. The van der Waals surface area contributed by atoms with E-state index in [9.17, 15) is 9.59 Å². The van der Waals surface area contributed by atoms with Crippen molar-refractivity contribution >= 4 is 11.8 Å². The van der Waals surface area contributed by atoms with E-state index in [2.05, 4.69) is 0 Å². The highest BCUT2D eigenvalue weighted by molar-refractivity contribution is 5.89. The summed E-state index contributed by atoms with van der Waals surface area (Å²) in [6.07, 6.45) is 0.290. The van der Waals surface area contributed by atoms with Crippen molar-refractivity contribution in [1.82, 2.24) is 14.7 Å². The minimum Gasteiger partial charge on any atom is -0.493 e. The van der Waals surface area contributed by atoms with Crippen molar-refractivity contribution in [3.05, 3.63) is 24.3 Å². The normalized spacial score (nSPS) is 20.5. The average molecular weight is 361 g/mol. The zero-order chi connectivity index (χ0) is 18.7. The van der Waals surface area contributed by atoms with Gasteiger partial charge in [0.2, 0.25) is 11.8 Å². The number of ether oxygens (including phenoxy) is 2. The number of para-hydroxylation sites is 2. The number of carbonyl (C=O) groups is 2. The van der Waals surface area contributed by atoms with Crippen molar-refractivity contribution in [2.75, 3.05) is 53.9 Å². The maximum absolute atomic E-state index is 12.6. The molecule has 0 saturated carbocycles. The first kappa shape index (κ1) is 18.5. The second kappa shape index (κ2) is 7.95. The van der Waals surface area contributed by atoms with Gasteiger partial charge in [-0.15, -0.1) is 0 Å². The van der Waals surface area contributed by atoms with E-state index in [1.165, 1.54) is 0 Å². The summed E-state index contributed by atoms with van der Waals surface area (Å²) in [6, 6.07) is 7.50. The topological polar surface area (TPSA) is 62.3 Å². The first-order valence-electron chi connectivity index (χ1n) is 8.99. The van der Waals surface area contributed by atoms with Crippen LogP contribution in [-0.2, 0) is 9.59 Å². The molecule has 142 valence electrons. The Balaban J connectivity index is 1.47. The highest BCUT2D eigenvalue weighted by Crippen LogP contribution is 2.29. The molecule has 26 heavy (non-hydrogen) atoms. The van der Waals surface area contributed by atoms with Gasteiger partial charge in [-0.05, 0) is 26.2 Å². The van der Waals surface area contributed by atoms with Crippen molar-refractivity contribution < 1.29 is 19.1 Å². The molecule has 2 saturated heterocycles. The van der Waals surface area contributed by atoms with Gasteiger partial charge in [0.05, 0.1) is 26.1 Å². The van der Waals surface area contributed by atoms with E-state index in [0.29, 0.717) is 44.1 Å². The van der Waals surface area contributed by atoms with Gasteiger partial charge in [0.15, 0.2) is 11.5 Å². The molecule has 2 aliphatic heterocycles. The molecule has 0 aliphatic carbocycles. The largest absolute Gasteiger partial charge is 0.493 e. The van der Waals surface area contributed by atoms with Crippen molar-refractivity contribution in [1.29, 1.82) is 0 Å². The summed E-state index contributed by atoms with van der Waals surface area (Å²) in [7, 11) is 5.56. The van der Waals surface area contributed by atoms with E-state index in [-0.39, 0.29) is 23.8 Å². The van der Waals surface area contributed by atoms with Crippen LogP contribution in [0.3, 0.4) is 0 Å². The van der Waals surface area contributed by atoms with Gasteiger partial charge in [-0.2, -0.15) is 0 Å². The third-order valence-corrected chi connectivity index (χ3v) is 4.90. The number of benzene rings is 1. The quantitative estimate of drug-likeness (QED) is 0.715. The molecule has 2 aliphatic rings. The van der Waals surface area contributed by atoms with Crippen molar-refractivity contribution in [3.8, 4) is 11.5 Å². The number of hydrogen-bond acceptors (Lipinski definition) is 5. The number of nitrogens with zero attached hydrogens (tertiary/aromatic N) is 3. The molecule has 2 heterocycles. The van der Waals surface area contributed by atoms with E-state index >= 15 is 0 Å². The third kappa shape index (κ3) is 4.09. The Kier molecular flexibility index (Phi) is 5.66. The Bertz CT molecular complexity index is 658. The predicted octanol–water partition coefficient (Wildman–Crippen LogP) is 0.695. The Labute approximate surface area is 154 Å². The average Bonchev–Trinajstić information content (AvgIpc) is 2.96. The number of carbonyl (C=O) groups excluding carboxylic acids is 2. The van der Waals surface area contributed by atoms with Crippen LogP contribution in [0.25, 0.3) is 0 Å². The summed E-state index contributed by atoms with van der Waals surface area (Å²) in [5.41, 5.74) is 0. The van der Waals surface area contributed by atoms with Crippen LogP contribution in [0.2, 0.25) is 0 Å². The van der Waals surface area contributed by atoms with E-state index in [1.807, 2.05) is 43.3 Å². The van der Waals surface area contributed by atoms with Crippen LogP contribution in [0.15, 0.2) is 24.3 Å². The van der Waals surface area contributed by atoms with Gasteiger partial charge in [-0.3, -0.25) is 9.59 Å². The van der Waals surface area contributed by atoms with Crippen LogP contribution in [0.5, 0.6) is 11.5 Å². The molecule has 7 nitrogen and oxygen atoms in total. The van der Waals surface area contributed by atoms with E-state index < -0.39 is 0 Å². The first-order chi connectivity index (χ1) is 12.5. The summed E-state index contributed by atoms with van der Waals surface area (Å²) in [5.74, 6) is 1.29. The summed E-state index contributed by atoms with van der Waals surface area (Å²) >= 11 is 0. The smallest absolute Gasteiger partial charge is 0.228 e. The van der Waals surface area contributed by atoms with E-state index in [1.54, 1.807) is 16.9 Å². The van der Waals surface area contributed by atoms with Crippen molar-refractivity contribution in [3.63, 3.8) is 0 Å². The van der Waals surface area contributed by atoms with Gasteiger partial charge in [-0.25, -0.2) is 0 Å². The molecule has 7 heteroatoms. The van der Waals surface area contributed by atoms with E-state index in [4.69, 9.17) is 9.47 Å². The fraction of sp³-hybridized carbons (Fsp3) is 0.579. The Morgan fingerprint density at radius 3 is 2.54 bits per heavy atom. The van der Waals surface area contributed by atoms with Crippen LogP contribution in [-0.4, -0.2) is 86.5 Å². The molecule has 1 aromatic carbocycles. The zero-order valence-corrected chi connectivity index (χ0v) is 15.7. The second-order valence-corrected chi connectivity index (χ2v) is 7.18. The Morgan fingerprint density at radius 1 is 1.19 bits per heavy atom. The first-order valence-corrected chi connectivity index (χ1v) is 8.99. The number of hydrogen-bond donors (Lipinski definition) is 0. The molecule has 2 amide bonds. The van der Waals surface area contributed by atoms with Crippen LogP contribution in [0.1, 0.15) is 6.42 Å². The van der Waals surface area contributed by atoms with Gasteiger partial charge < -0.3 is 24.2 Å². The SMILES string of the molecule is COc1ccccc1OC1CN(C(=O)C2CC(=O)N(CCN(C)C)C2)C1. The molecular formula is C19H27N3O4. The Hall–Kier alpha value is -2.28. The van der Waals surface area contributed by atoms with Gasteiger partial charge >= 0.3 is 0 Å². The lowest BCUT2D eigenvalue weighted by Crippen LogP contribution is -2.57. The molecular weight excluding hydrogens is 334 g/mol. The summed E-state index contributed by atoms with van der Waals surface area (Å²) in [5, 5.41) is 0. The molecule has 3 rings (SSSR count). The molecule has 0 aromatic heterocycles. The molecule has 0 bridgehead atoms. The fourth-order valence-electron chi connectivity index (χ4n) is 3.32. The summed E-state index contributed by atoms with van der Waals surface area (Å²) in [6.45, 7) is 3.12. The molecule has 1 atom stereocenters. The van der Waals surface area contributed by atoms with Gasteiger partial charge in [-0.1, -0.05) is 12.1 Å². The molecule has 2 fully saturated rings. The maximum Gasteiger partial charge on any atom is 0.228 e. The molecule has 1 unspecified atom stereocenters. The second-order valence-electron chi connectivity index (χ2n) is 7.18. The predicted molar refractivity (Wildman–Crippen MR) is 97.2 cm³/mol. The van der Waals surface area contributed by atoms with Crippen LogP contribution >= 0.6 is 0 Å². The number of methoxy groups -OCH3 is 1. The lowest BCUT2D eigenvalue weighted by Gasteiger charge is -2.40. The maximum atomic E-state index is 12.6. The molecule has 0 spiro atoms. The Morgan fingerprint density at radius 2 is 1.88 bits per heavy atom. The standard InChI is InChI=1S/C19H27N3O4/c1-20(2)8-9-21-11-14(10-18(21)23)19(24)22-12-15(13-22)26-17-7-5-4-6-16(17)25-3/h4-7,14-15H,8-13H2,1-3H3. The lowest BCUT2D eigenvalue weighted by atomic mass is 10.0. The lowest BCUT2D eigenvalue weighted by molar-refractivity contribution is -0.144. The number of rotatable bonds is 7. The summed E-state index contributed by atoms with van der Waals surface area (Å²) < 4.78 is 11.2. The zero-order valence-electron chi connectivity index (χ0n) is 15.7. The summed E-state index contributed by atoms with van der Waals surface area (Å²) in [4.78, 5) is 30.4. The molecule has 1 aromatic rings. The third-order valence-electron chi connectivity index (χ3n) is 4.90. The number of likely N-dealkylation sites (tertiary alicyclic amines) is 2. The number of amides is 2. The highest BCUT2D eigenvalue weighted by atomic mass is 16.5.